The smallest absolute Gasteiger partial charge is 0.252 e. The molecule has 5 rings (SSSR count). The van der Waals surface area contributed by atoms with Gasteiger partial charge in [0.25, 0.3) is 5.91 Å². The Hall–Kier alpha value is -2.67. The summed E-state index contributed by atoms with van der Waals surface area (Å²) in [6.45, 7) is 0.710. The van der Waals surface area contributed by atoms with E-state index in [1.54, 1.807) is 10.9 Å². The summed E-state index contributed by atoms with van der Waals surface area (Å²) in [6, 6.07) is 4.31. The third-order valence-corrected chi connectivity index (χ3v) is 5.37. The number of aromatic nitrogens is 4. The molecule has 1 saturated heterocycles. The molecule has 3 aromatic rings. The summed E-state index contributed by atoms with van der Waals surface area (Å²) in [5.41, 5.74) is 11.1. The maximum atomic E-state index is 12.0. The lowest BCUT2D eigenvalue weighted by Crippen LogP contribution is -2.18. The number of hydrogen-bond acceptors (Lipinski definition) is 4. The predicted molar refractivity (Wildman–Crippen MR) is 96.7 cm³/mol. The van der Waals surface area contributed by atoms with Crippen molar-refractivity contribution in [1.82, 2.24) is 19.7 Å². The topological polar surface area (TPSA) is 98.8 Å². The predicted octanol–water partition coefficient (Wildman–Crippen LogP) is 2.71. The summed E-state index contributed by atoms with van der Waals surface area (Å²) >= 11 is 0. The number of H-pyrrole nitrogens is 1. The van der Waals surface area contributed by atoms with Crippen molar-refractivity contribution in [2.24, 2.45) is 5.73 Å². The van der Waals surface area contributed by atoms with Crippen LogP contribution in [0.4, 0.5) is 0 Å². The van der Waals surface area contributed by atoms with Crippen LogP contribution < -0.4 is 5.73 Å². The first-order valence-electron chi connectivity index (χ1n) is 9.21. The van der Waals surface area contributed by atoms with E-state index >= 15 is 0 Å². The highest BCUT2D eigenvalue weighted by atomic mass is 16.5. The van der Waals surface area contributed by atoms with E-state index in [0.29, 0.717) is 23.7 Å². The molecule has 1 fully saturated rings. The minimum Gasteiger partial charge on any atom is -0.365 e. The fraction of sp³-hybridized carbons (Fsp3) is 0.421. The molecule has 2 aliphatic rings. The molecule has 2 aromatic heterocycles. The van der Waals surface area contributed by atoms with Crippen molar-refractivity contribution in [2.45, 2.75) is 44.8 Å². The number of amides is 1. The van der Waals surface area contributed by atoms with E-state index in [1.807, 2.05) is 0 Å². The van der Waals surface area contributed by atoms with E-state index in [-0.39, 0.29) is 6.23 Å². The molecule has 0 radical (unpaired) electrons. The third-order valence-electron chi connectivity index (χ3n) is 5.37. The summed E-state index contributed by atoms with van der Waals surface area (Å²) in [5.74, 6) is 0.0667. The number of aromatic amines is 1. The van der Waals surface area contributed by atoms with Gasteiger partial charge >= 0.3 is 0 Å². The summed E-state index contributed by atoms with van der Waals surface area (Å²) in [4.78, 5) is 20.0. The van der Waals surface area contributed by atoms with Crippen LogP contribution >= 0.6 is 0 Å². The van der Waals surface area contributed by atoms with Crippen molar-refractivity contribution in [3.63, 3.8) is 0 Å². The quantitative estimate of drug-likeness (QED) is 0.758. The van der Waals surface area contributed by atoms with E-state index in [4.69, 9.17) is 10.5 Å². The molecule has 1 aromatic carbocycles. The van der Waals surface area contributed by atoms with Crippen LogP contribution in [0.2, 0.25) is 0 Å². The lowest BCUT2D eigenvalue weighted by atomic mass is 10.1. The zero-order valence-electron chi connectivity index (χ0n) is 14.5. The minimum atomic E-state index is -0.509. The number of hydrogen-bond donors (Lipinski definition) is 2. The first kappa shape index (κ1) is 15.6. The van der Waals surface area contributed by atoms with Gasteiger partial charge in [-0.3, -0.25) is 4.79 Å². The summed E-state index contributed by atoms with van der Waals surface area (Å²) in [5, 5.41) is 4.60. The van der Waals surface area contributed by atoms with Gasteiger partial charge < -0.3 is 15.5 Å². The Morgan fingerprint density at radius 3 is 2.85 bits per heavy atom. The molecule has 7 nitrogen and oxygen atoms in total. The zero-order valence-corrected chi connectivity index (χ0v) is 14.5. The average Bonchev–Trinajstić information content (AvgIpc) is 3.36. The van der Waals surface area contributed by atoms with Crippen LogP contribution in [0.25, 0.3) is 22.6 Å². The fourth-order valence-corrected chi connectivity index (χ4v) is 4.02. The molecule has 26 heavy (non-hydrogen) atoms. The molecule has 3 heterocycles. The van der Waals surface area contributed by atoms with Crippen molar-refractivity contribution in [3.05, 3.63) is 35.0 Å². The molecule has 1 unspecified atom stereocenters. The number of benzene rings is 1. The number of nitrogens with two attached hydrogens (primary N) is 1. The van der Waals surface area contributed by atoms with E-state index in [0.717, 1.165) is 43.1 Å². The van der Waals surface area contributed by atoms with Gasteiger partial charge in [-0.25, -0.2) is 9.67 Å². The molecule has 1 amide bonds. The molecule has 7 heteroatoms. The highest BCUT2D eigenvalue weighted by molar-refractivity contribution is 5.98. The zero-order chi connectivity index (χ0) is 17.7. The second-order valence-corrected chi connectivity index (χ2v) is 7.13. The van der Waals surface area contributed by atoms with Crippen LogP contribution in [-0.4, -0.2) is 32.3 Å². The molecule has 134 valence electrons. The van der Waals surface area contributed by atoms with Crippen LogP contribution in [0.3, 0.4) is 0 Å². The van der Waals surface area contributed by atoms with Gasteiger partial charge in [0.2, 0.25) is 0 Å². The monoisotopic (exact) mass is 351 g/mol. The Morgan fingerprint density at radius 1 is 1.23 bits per heavy atom. The van der Waals surface area contributed by atoms with Gasteiger partial charge in [-0.2, -0.15) is 5.10 Å². The van der Waals surface area contributed by atoms with E-state index in [1.165, 1.54) is 17.5 Å². The Bertz CT molecular complexity index is 956. The van der Waals surface area contributed by atoms with Crippen LogP contribution in [-0.2, 0) is 17.6 Å². The second kappa shape index (κ2) is 5.95. The number of imidazole rings is 1. The number of carbonyl (C=O) groups is 1. The maximum Gasteiger partial charge on any atom is 0.252 e. The van der Waals surface area contributed by atoms with E-state index in [2.05, 4.69) is 27.2 Å². The molecule has 0 saturated carbocycles. The Labute approximate surface area is 150 Å². The summed E-state index contributed by atoms with van der Waals surface area (Å²) in [6.07, 6.45) is 7.97. The summed E-state index contributed by atoms with van der Waals surface area (Å²) < 4.78 is 7.49. The van der Waals surface area contributed by atoms with Crippen molar-refractivity contribution in [2.75, 3.05) is 6.61 Å². The number of carbonyl (C=O) groups excluding carboxylic acids is 1. The third kappa shape index (κ3) is 2.50. The number of nitrogens with one attached hydrogen (secondary N) is 1. The van der Waals surface area contributed by atoms with Gasteiger partial charge in [0.05, 0.1) is 16.6 Å². The van der Waals surface area contributed by atoms with Crippen LogP contribution in [0.15, 0.2) is 18.3 Å². The standard InChI is InChI=1S/C19H21N5O2/c20-18(25)13-10-24(16-6-1-2-7-26-16)23-17(13)19-21-14-8-11-4-3-5-12(11)9-15(14)22-19/h8-10,16H,1-7H2,(H2,20,25)(H,21,22). The van der Waals surface area contributed by atoms with Gasteiger partial charge in [0.15, 0.2) is 5.82 Å². The summed E-state index contributed by atoms with van der Waals surface area (Å²) in [7, 11) is 0. The van der Waals surface area contributed by atoms with Crippen molar-refractivity contribution < 1.29 is 9.53 Å². The van der Waals surface area contributed by atoms with Crippen LogP contribution in [0, 0.1) is 0 Å². The van der Waals surface area contributed by atoms with Crippen molar-refractivity contribution in [1.29, 1.82) is 0 Å². The Morgan fingerprint density at radius 2 is 2.08 bits per heavy atom. The first-order valence-corrected chi connectivity index (χ1v) is 9.21. The van der Waals surface area contributed by atoms with Gasteiger partial charge in [0.1, 0.15) is 11.9 Å². The van der Waals surface area contributed by atoms with Gasteiger partial charge in [0, 0.05) is 12.8 Å². The minimum absolute atomic E-state index is 0.149. The fourth-order valence-electron chi connectivity index (χ4n) is 4.02. The van der Waals surface area contributed by atoms with Gasteiger partial charge in [-0.1, -0.05) is 0 Å². The number of ether oxygens (including phenoxy) is 1. The number of rotatable bonds is 3. The Balaban J connectivity index is 1.59. The molecule has 1 aliphatic carbocycles. The number of primary amides is 1. The van der Waals surface area contributed by atoms with E-state index in [9.17, 15) is 4.79 Å². The van der Waals surface area contributed by atoms with Gasteiger partial charge in [-0.05, 0) is 61.8 Å². The molecule has 0 bridgehead atoms. The van der Waals surface area contributed by atoms with Crippen molar-refractivity contribution >= 4 is 16.9 Å². The van der Waals surface area contributed by atoms with Crippen LogP contribution in [0.1, 0.15) is 53.4 Å². The first-order chi connectivity index (χ1) is 12.7. The Kier molecular flexibility index (Phi) is 3.56. The number of aryl methyl sites for hydroxylation is 2. The molecule has 3 N–H and O–H groups in total. The lowest BCUT2D eigenvalue weighted by Gasteiger charge is -2.22. The normalized spacial score (nSPS) is 19.8. The molecule has 0 spiro atoms. The lowest BCUT2D eigenvalue weighted by molar-refractivity contribution is -0.0393. The average molecular weight is 351 g/mol. The number of nitrogens with zero attached hydrogens (tertiary/aromatic N) is 3. The number of fused-ring (bicyclic) bond motifs is 2. The maximum absolute atomic E-state index is 12.0. The highest BCUT2D eigenvalue weighted by Crippen LogP contribution is 2.30. The SMILES string of the molecule is NC(=O)c1cn(C2CCCCO2)nc1-c1nc2cc3c(cc2[nH]1)CCC3. The van der Waals surface area contributed by atoms with Gasteiger partial charge in [-0.15, -0.1) is 0 Å². The highest BCUT2D eigenvalue weighted by Gasteiger charge is 2.24. The molecular weight excluding hydrogens is 330 g/mol. The van der Waals surface area contributed by atoms with Crippen LogP contribution in [0.5, 0.6) is 0 Å². The second-order valence-electron chi connectivity index (χ2n) is 7.13. The van der Waals surface area contributed by atoms with Crippen molar-refractivity contribution in [3.8, 4) is 11.5 Å². The molecular formula is C19H21N5O2. The van der Waals surface area contributed by atoms with E-state index < -0.39 is 5.91 Å². The molecule has 1 aliphatic heterocycles. The molecule has 1 atom stereocenters. The largest absolute Gasteiger partial charge is 0.365 e.